The fourth-order valence-corrected chi connectivity index (χ4v) is 4.62. The summed E-state index contributed by atoms with van der Waals surface area (Å²) >= 11 is 0. The summed E-state index contributed by atoms with van der Waals surface area (Å²) < 4.78 is 39.4. The Kier molecular flexibility index (Phi) is 8.08. The quantitative estimate of drug-likeness (QED) is 0.470. The van der Waals surface area contributed by atoms with Gasteiger partial charge in [-0.05, 0) is 73.9 Å². The zero-order valence-corrected chi connectivity index (χ0v) is 19.7. The van der Waals surface area contributed by atoms with Crippen molar-refractivity contribution < 1.29 is 22.7 Å². The predicted octanol–water partition coefficient (Wildman–Crippen LogP) is 3.93. The van der Waals surface area contributed by atoms with E-state index in [1.54, 1.807) is 37.3 Å². The lowest BCUT2D eigenvalue weighted by Gasteiger charge is -2.19. The van der Waals surface area contributed by atoms with Crippen molar-refractivity contribution in [1.82, 2.24) is 4.72 Å². The molecule has 1 amide bonds. The number of sulfonamides is 1. The first-order valence-electron chi connectivity index (χ1n) is 10.6. The van der Waals surface area contributed by atoms with Crippen molar-refractivity contribution in [1.29, 1.82) is 0 Å². The zero-order valence-electron chi connectivity index (χ0n) is 18.9. The highest BCUT2D eigenvalue weighted by molar-refractivity contribution is 7.89. The van der Waals surface area contributed by atoms with Gasteiger partial charge in [0, 0.05) is 5.69 Å². The summed E-state index contributed by atoms with van der Waals surface area (Å²) in [5.41, 5.74) is 2.05. The van der Waals surface area contributed by atoms with Crippen LogP contribution < -0.4 is 19.5 Å². The van der Waals surface area contributed by atoms with Crippen molar-refractivity contribution in [2.24, 2.45) is 0 Å². The van der Waals surface area contributed by atoms with Crippen LogP contribution in [0.25, 0.3) is 0 Å². The standard InChI is InChI=1S/C25H28N2O5S/c1-4-32-21-12-10-20(11-13-21)26-25(28)23(17-19-8-6-5-7-9-19)27-33(29,30)22-14-15-24(31-3)18(2)16-22/h5-16,23,27H,4,17H2,1-3H3,(H,26,28)/t23-/m0/s1. The lowest BCUT2D eigenvalue weighted by atomic mass is 10.1. The van der Waals surface area contributed by atoms with E-state index in [-0.39, 0.29) is 11.3 Å². The van der Waals surface area contributed by atoms with E-state index in [1.807, 2.05) is 37.3 Å². The molecule has 2 N–H and O–H groups in total. The van der Waals surface area contributed by atoms with Gasteiger partial charge in [0.25, 0.3) is 0 Å². The highest BCUT2D eigenvalue weighted by Gasteiger charge is 2.26. The third-order valence-corrected chi connectivity index (χ3v) is 6.48. The second-order valence-corrected chi connectivity index (χ2v) is 9.16. The smallest absolute Gasteiger partial charge is 0.242 e. The molecular formula is C25H28N2O5S. The summed E-state index contributed by atoms with van der Waals surface area (Å²) in [6, 6.07) is 19.7. The molecule has 0 spiro atoms. The van der Waals surface area contributed by atoms with E-state index in [2.05, 4.69) is 10.0 Å². The van der Waals surface area contributed by atoms with Gasteiger partial charge in [-0.1, -0.05) is 30.3 Å². The summed E-state index contributed by atoms with van der Waals surface area (Å²) in [5, 5.41) is 2.79. The molecule has 3 rings (SSSR count). The number of anilines is 1. The maximum Gasteiger partial charge on any atom is 0.242 e. The highest BCUT2D eigenvalue weighted by atomic mass is 32.2. The number of amides is 1. The topological polar surface area (TPSA) is 93.7 Å². The molecule has 1 atom stereocenters. The Morgan fingerprint density at radius 3 is 2.30 bits per heavy atom. The average Bonchev–Trinajstić information content (AvgIpc) is 2.80. The second kappa shape index (κ2) is 11.0. The molecule has 174 valence electrons. The Hall–Kier alpha value is -3.36. The number of methoxy groups -OCH3 is 1. The molecule has 0 aliphatic carbocycles. The Labute approximate surface area is 194 Å². The van der Waals surface area contributed by atoms with Gasteiger partial charge in [0.2, 0.25) is 15.9 Å². The third-order valence-electron chi connectivity index (χ3n) is 5.01. The lowest BCUT2D eigenvalue weighted by Crippen LogP contribution is -2.45. The van der Waals surface area contributed by atoms with Gasteiger partial charge in [-0.3, -0.25) is 4.79 Å². The van der Waals surface area contributed by atoms with Crippen LogP contribution in [0.15, 0.2) is 77.7 Å². The summed E-state index contributed by atoms with van der Waals surface area (Å²) in [4.78, 5) is 13.2. The van der Waals surface area contributed by atoms with Gasteiger partial charge < -0.3 is 14.8 Å². The molecule has 0 bridgehead atoms. The molecule has 0 aliphatic heterocycles. The number of nitrogens with one attached hydrogen (secondary N) is 2. The normalized spacial score (nSPS) is 12.1. The molecule has 0 heterocycles. The van der Waals surface area contributed by atoms with Gasteiger partial charge in [-0.2, -0.15) is 4.72 Å². The fraction of sp³-hybridized carbons (Fsp3) is 0.240. The van der Waals surface area contributed by atoms with Crippen molar-refractivity contribution in [2.75, 3.05) is 19.0 Å². The van der Waals surface area contributed by atoms with Crippen LogP contribution in [0.3, 0.4) is 0 Å². The minimum atomic E-state index is -3.96. The Bertz CT molecular complexity index is 1180. The molecule has 33 heavy (non-hydrogen) atoms. The average molecular weight is 469 g/mol. The van der Waals surface area contributed by atoms with Gasteiger partial charge in [-0.15, -0.1) is 0 Å². The monoisotopic (exact) mass is 468 g/mol. The molecule has 0 fully saturated rings. The summed E-state index contributed by atoms with van der Waals surface area (Å²) in [6.45, 7) is 4.19. The maximum absolute atomic E-state index is 13.1. The second-order valence-electron chi connectivity index (χ2n) is 7.44. The van der Waals surface area contributed by atoms with Gasteiger partial charge in [0.15, 0.2) is 0 Å². The van der Waals surface area contributed by atoms with E-state index in [0.717, 1.165) is 5.56 Å². The predicted molar refractivity (Wildman–Crippen MR) is 128 cm³/mol. The van der Waals surface area contributed by atoms with Gasteiger partial charge in [-0.25, -0.2) is 8.42 Å². The molecule has 3 aromatic rings. The van der Waals surface area contributed by atoms with Gasteiger partial charge >= 0.3 is 0 Å². The number of benzene rings is 3. The number of rotatable bonds is 10. The molecule has 7 nitrogen and oxygen atoms in total. The van der Waals surface area contributed by atoms with Crippen molar-refractivity contribution in [2.45, 2.75) is 31.2 Å². The molecule has 3 aromatic carbocycles. The minimum Gasteiger partial charge on any atom is -0.496 e. The number of hydrogen-bond donors (Lipinski definition) is 2. The molecule has 0 saturated carbocycles. The van der Waals surface area contributed by atoms with E-state index >= 15 is 0 Å². The van der Waals surface area contributed by atoms with Crippen molar-refractivity contribution in [3.63, 3.8) is 0 Å². The molecule has 0 unspecified atom stereocenters. The zero-order chi connectivity index (χ0) is 23.8. The van der Waals surface area contributed by atoms with Crippen molar-refractivity contribution in [3.8, 4) is 11.5 Å². The van der Waals surface area contributed by atoms with E-state index in [4.69, 9.17) is 9.47 Å². The molecule has 0 aliphatic rings. The van der Waals surface area contributed by atoms with Crippen LogP contribution in [0.2, 0.25) is 0 Å². The van der Waals surface area contributed by atoms with Crippen LogP contribution in [0.4, 0.5) is 5.69 Å². The molecule has 0 saturated heterocycles. The maximum atomic E-state index is 13.1. The Morgan fingerprint density at radius 1 is 1.00 bits per heavy atom. The molecule has 0 aromatic heterocycles. The van der Waals surface area contributed by atoms with E-state index in [1.165, 1.54) is 19.2 Å². The lowest BCUT2D eigenvalue weighted by molar-refractivity contribution is -0.117. The number of ether oxygens (including phenoxy) is 2. The molecular weight excluding hydrogens is 440 g/mol. The largest absolute Gasteiger partial charge is 0.496 e. The highest BCUT2D eigenvalue weighted by Crippen LogP contribution is 2.22. The van der Waals surface area contributed by atoms with Crippen LogP contribution in [-0.2, 0) is 21.2 Å². The number of hydrogen-bond acceptors (Lipinski definition) is 5. The summed E-state index contributed by atoms with van der Waals surface area (Å²) in [7, 11) is -2.44. The molecule has 0 radical (unpaired) electrons. The summed E-state index contributed by atoms with van der Waals surface area (Å²) in [6.07, 6.45) is 0.193. The first kappa shape index (κ1) is 24.3. The van der Waals surface area contributed by atoms with Gasteiger partial charge in [0.05, 0.1) is 18.6 Å². The minimum absolute atomic E-state index is 0.0627. The van der Waals surface area contributed by atoms with Crippen LogP contribution >= 0.6 is 0 Å². The van der Waals surface area contributed by atoms with Crippen LogP contribution in [0.5, 0.6) is 11.5 Å². The van der Waals surface area contributed by atoms with E-state index < -0.39 is 22.0 Å². The van der Waals surface area contributed by atoms with Crippen molar-refractivity contribution in [3.05, 3.63) is 83.9 Å². The summed E-state index contributed by atoms with van der Waals surface area (Å²) in [5.74, 6) is 0.812. The first-order chi connectivity index (χ1) is 15.8. The SMILES string of the molecule is CCOc1ccc(NC(=O)[C@H](Cc2ccccc2)NS(=O)(=O)c2ccc(OC)c(C)c2)cc1. The van der Waals surface area contributed by atoms with Crippen LogP contribution in [0.1, 0.15) is 18.1 Å². The number of aryl methyl sites for hydroxylation is 1. The number of carbonyl (C=O) groups is 1. The van der Waals surface area contributed by atoms with Crippen LogP contribution in [0, 0.1) is 6.92 Å². The first-order valence-corrected chi connectivity index (χ1v) is 12.1. The van der Waals surface area contributed by atoms with Crippen molar-refractivity contribution >= 4 is 21.6 Å². The third kappa shape index (κ3) is 6.57. The Balaban J connectivity index is 1.84. The Morgan fingerprint density at radius 2 is 1.70 bits per heavy atom. The molecule has 8 heteroatoms. The van der Waals surface area contributed by atoms with Gasteiger partial charge in [0.1, 0.15) is 17.5 Å². The number of carbonyl (C=O) groups excluding carboxylic acids is 1. The fourth-order valence-electron chi connectivity index (χ4n) is 3.34. The van der Waals surface area contributed by atoms with E-state index in [0.29, 0.717) is 29.4 Å². The van der Waals surface area contributed by atoms with Crippen LogP contribution in [-0.4, -0.2) is 34.1 Å². The van der Waals surface area contributed by atoms with E-state index in [9.17, 15) is 13.2 Å².